The molecule has 0 saturated carbocycles. The maximum atomic E-state index is 12.2. The van der Waals surface area contributed by atoms with Gasteiger partial charge in [0.1, 0.15) is 23.9 Å². The van der Waals surface area contributed by atoms with Crippen LogP contribution in [0.4, 0.5) is 11.4 Å². The minimum atomic E-state index is -0.647. The third-order valence-corrected chi connectivity index (χ3v) is 4.24. The van der Waals surface area contributed by atoms with Gasteiger partial charge in [0.25, 0.3) is 11.6 Å². The summed E-state index contributed by atoms with van der Waals surface area (Å²) in [5.41, 5.74) is -0.337. The van der Waals surface area contributed by atoms with E-state index < -0.39 is 10.8 Å². The minimum Gasteiger partial charge on any atom is -0.506 e. The number of hydrogen-bond acceptors (Lipinski definition) is 6. The van der Waals surface area contributed by atoms with E-state index >= 15 is 0 Å². The SMILES string of the molecule is O=C(Nc1cc([N+](=O)[O-])ccc1O)c1ccc(COc2ccc(I)cc2)o1. The van der Waals surface area contributed by atoms with E-state index in [1.165, 1.54) is 6.07 Å². The molecule has 138 valence electrons. The van der Waals surface area contributed by atoms with Crippen LogP contribution in [0.2, 0.25) is 0 Å². The van der Waals surface area contributed by atoms with Gasteiger partial charge >= 0.3 is 0 Å². The van der Waals surface area contributed by atoms with Crippen LogP contribution >= 0.6 is 22.6 Å². The van der Waals surface area contributed by atoms with E-state index in [0.717, 1.165) is 21.8 Å². The van der Waals surface area contributed by atoms with Gasteiger partial charge in [-0.3, -0.25) is 14.9 Å². The number of carbonyl (C=O) groups is 1. The normalized spacial score (nSPS) is 10.4. The Morgan fingerprint density at radius 3 is 2.63 bits per heavy atom. The number of rotatable bonds is 6. The lowest BCUT2D eigenvalue weighted by molar-refractivity contribution is -0.384. The average Bonchev–Trinajstić information content (AvgIpc) is 3.12. The van der Waals surface area contributed by atoms with Crippen molar-refractivity contribution >= 4 is 39.9 Å². The number of halogens is 1. The molecular weight excluding hydrogens is 467 g/mol. The van der Waals surface area contributed by atoms with Gasteiger partial charge in [-0.05, 0) is 65.1 Å². The van der Waals surface area contributed by atoms with E-state index in [0.29, 0.717) is 11.5 Å². The first kappa shape index (κ1) is 18.7. The predicted octanol–water partition coefficient (Wildman–Crippen LogP) is 4.33. The summed E-state index contributed by atoms with van der Waals surface area (Å²) in [5, 5.41) is 23.0. The van der Waals surface area contributed by atoms with Crippen LogP contribution in [-0.4, -0.2) is 15.9 Å². The summed E-state index contributed by atoms with van der Waals surface area (Å²) in [4.78, 5) is 22.4. The first-order valence-electron chi connectivity index (χ1n) is 7.68. The van der Waals surface area contributed by atoms with E-state index in [9.17, 15) is 20.0 Å². The molecule has 1 amide bonds. The van der Waals surface area contributed by atoms with Crippen molar-refractivity contribution in [3.8, 4) is 11.5 Å². The van der Waals surface area contributed by atoms with Crippen LogP contribution in [0, 0.1) is 13.7 Å². The Morgan fingerprint density at radius 1 is 1.19 bits per heavy atom. The Balaban J connectivity index is 1.65. The van der Waals surface area contributed by atoms with Crippen molar-refractivity contribution in [3.63, 3.8) is 0 Å². The Bertz CT molecular complexity index is 984. The van der Waals surface area contributed by atoms with Gasteiger partial charge in [0.05, 0.1) is 10.6 Å². The molecule has 0 unspecified atom stereocenters. The Kier molecular flexibility index (Phi) is 5.60. The number of nitro groups is 1. The van der Waals surface area contributed by atoms with E-state index in [1.54, 1.807) is 6.07 Å². The van der Waals surface area contributed by atoms with Crippen molar-refractivity contribution in [2.75, 3.05) is 5.32 Å². The highest BCUT2D eigenvalue weighted by molar-refractivity contribution is 14.1. The average molecular weight is 480 g/mol. The number of furan rings is 1. The first-order chi connectivity index (χ1) is 12.9. The van der Waals surface area contributed by atoms with Gasteiger partial charge in [0, 0.05) is 15.7 Å². The summed E-state index contributed by atoms with van der Waals surface area (Å²) in [7, 11) is 0. The molecule has 3 rings (SSSR count). The van der Waals surface area contributed by atoms with E-state index in [1.807, 2.05) is 24.3 Å². The fourth-order valence-electron chi connectivity index (χ4n) is 2.18. The Hall–Kier alpha value is -3.08. The molecule has 0 fully saturated rings. The predicted molar refractivity (Wildman–Crippen MR) is 105 cm³/mol. The molecule has 0 aliphatic heterocycles. The molecule has 1 heterocycles. The lowest BCUT2D eigenvalue weighted by atomic mass is 10.2. The monoisotopic (exact) mass is 480 g/mol. The smallest absolute Gasteiger partial charge is 0.291 e. The van der Waals surface area contributed by atoms with Crippen molar-refractivity contribution in [2.24, 2.45) is 0 Å². The zero-order valence-electron chi connectivity index (χ0n) is 13.7. The molecule has 0 aliphatic rings. The fraction of sp³-hybridized carbons (Fsp3) is 0.0556. The van der Waals surface area contributed by atoms with Crippen molar-refractivity contribution in [3.05, 3.63) is 79.8 Å². The summed E-state index contributed by atoms with van der Waals surface area (Å²) in [6, 6.07) is 13.8. The molecule has 2 N–H and O–H groups in total. The largest absolute Gasteiger partial charge is 0.506 e. The molecule has 1 aromatic heterocycles. The van der Waals surface area contributed by atoms with Crippen LogP contribution in [0.3, 0.4) is 0 Å². The summed E-state index contributed by atoms with van der Waals surface area (Å²) >= 11 is 2.19. The van der Waals surface area contributed by atoms with Crippen molar-refractivity contribution in [1.29, 1.82) is 0 Å². The van der Waals surface area contributed by atoms with Gasteiger partial charge in [0.2, 0.25) is 0 Å². The number of phenols is 1. The van der Waals surface area contributed by atoms with Gasteiger partial charge in [-0.2, -0.15) is 0 Å². The molecule has 0 radical (unpaired) electrons. The number of ether oxygens (including phenoxy) is 1. The van der Waals surface area contributed by atoms with Gasteiger partial charge in [-0.15, -0.1) is 0 Å². The highest BCUT2D eigenvalue weighted by atomic mass is 127. The van der Waals surface area contributed by atoms with Crippen LogP contribution in [0.1, 0.15) is 16.3 Å². The van der Waals surface area contributed by atoms with Crippen LogP contribution in [0.15, 0.2) is 59.0 Å². The summed E-state index contributed by atoms with van der Waals surface area (Å²) in [5.74, 6) is 0.150. The number of amides is 1. The zero-order valence-corrected chi connectivity index (χ0v) is 15.9. The molecule has 0 bridgehead atoms. The summed E-state index contributed by atoms with van der Waals surface area (Å²) in [6.45, 7) is 0.135. The third-order valence-electron chi connectivity index (χ3n) is 3.52. The molecule has 0 atom stereocenters. The first-order valence-corrected chi connectivity index (χ1v) is 8.76. The Morgan fingerprint density at radius 2 is 1.93 bits per heavy atom. The second kappa shape index (κ2) is 8.08. The number of non-ortho nitro benzene ring substituents is 1. The molecule has 3 aromatic rings. The number of nitro benzene ring substituents is 1. The van der Waals surface area contributed by atoms with E-state index in [2.05, 4.69) is 27.9 Å². The zero-order chi connectivity index (χ0) is 19.4. The molecule has 8 nitrogen and oxygen atoms in total. The van der Waals surface area contributed by atoms with Crippen LogP contribution in [0.25, 0.3) is 0 Å². The number of anilines is 1. The lowest BCUT2D eigenvalue weighted by Crippen LogP contribution is -2.11. The highest BCUT2D eigenvalue weighted by Crippen LogP contribution is 2.28. The van der Waals surface area contributed by atoms with Crippen molar-refractivity contribution < 1.29 is 24.0 Å². The second-order valence-electron chi connectivity index (χ2n) is 5.42. The number of carbonyl (C=O) groups excluding carboxylic acids is 1. The third kappa shape index (κ3) is 4.76. The number of nitrogens with zero attached hydrogens (tertiary/aromatic N) is 1. The quantitative estimate of drug-likeness (QED) is 0.235. The lowest BCUT2D eigenvalue weighted by Gasteiger charge is -2.06. The topological polar surface area (TPSA) is 115 Å². The van der Waals surface area contributed by atoms with E-state index in [-0.39, 0.29) is 29.5 Å². The summed E-state index contributed by atoms with van der Waals surface area (Å²) in [6.07, 6.45) is 0. The molecular formula is C18H13IN2O6. The van der Waals surface area contributed by atoms with Crippen LogP contribution in [0.5, 0.6) is 11.5 Å². The number of aromatic hydroxyl groups is 1. The van der Waals surface area contributed by atoms with Gasteiger partial charge in [-0.1, -0.05) is 0 Å². The molecule has 27 heavy (non-hydrogen) atoms. The number of nitrogens with one attached hydrogen (secondary N) is 1. The molecule has 2 aromatic carbocycles. The minimum absolute atomic E-state index is 0.0119. The van der Waals surface area contributed by atoms with Crippen molar-refractivity contribution in [2.45, 2.75) is 6.61 Å². The number of benzene rings is 2. The molecule has 9 heteroatoms. The van der Waals surface area contributed by atoms with Gasteiger partial charge < -0.3 is 19.6 Å². The standard InChI is InChI=1S/C18H13IN2O6/c19-11-1-4-13(5-2-11)26-10-14-6-8-17(27-14)18(23)20-15-9-12(21(24)25)3-7-16(15)22/h1-9,22H,10H2,(H,20,23). The summed E-state index contributed by atoms with van der Waals surface area (Å²) < 4.78 is 12.1. The Labute approximate surface area is 167 Å². The van der Waals surface area contributed by atoms with Gasteiger partial charge in [-0.25, -0.2) is 0 Å². The molecule has 0 aliphatic carbocycles. The maximum absolute atomic E-state index is 12.2. The molecule has 0 spiro atoms. The van der Waals surface area contributed by atoms with Crippen molar-refractivity contribution in [1.82, 2.24) is 0 Å². The maximum Gasteiger partial charge on any atom is 0.291 e. The number of phenolic OH excluding ortho intramolecular Hbond substituents is 1. The highest BCUT2D eigenvalue weighted by Gasteiger charge is 2.16. The number of hydrogen-bond donors (Lipinski definition) is 2. The van der Waals surface area contributed by atoms with Gasteiger partial charge in [0.15, 0.2) is 5.76 Å². The van der Waals surface area contributed by atoms with Crippen LogP contribution < -0.4 is 10.1 Å². The van der Waals surface area contributed by atoms with E-state index in [4.69, 9.17) is 9.15 Å². The molecule has 0 saturated heterocycles. The van der Waals surface area contributed by atoms with Crippen LogP contribution in [-0.2, 0) is 6.61 Å². The second-order valence-corrected chi connectivity index (χ2v) is 6.67. The fourth-order valence-corrected chi connectivity index (χ4v) is 2.54.